The second kappa shape index (κ2) is 8.12. The molecule has 0 amide bonds. The van der Waals surface area contributed by atoms with Crippen LogP contribution in [0.1, 0.15) is 19.4 Å². The molecule has 1 aromatic carbocycles. The third-order valence-corrected chi connectivity index (χ3v) is 4.23. The number of hydrogen-bond donors (Lipinski definition) is 1. The summed E-state index contributed by atoms with van der Waals surface area (Å²) in [6.07, 6.45) is 1.99. The van der Waals surface area contributed by atoms with E-state index in [4.69, 9.17) is 9.47 Å². The minimum atomic E-state index is -0.173. The molecule has 116 valence electrons. The second-order valence-corrected chi connectivity index (χ2v) is 6.03. The highest BCUT2D eigenvalue weighted by Crippen LogP contribution is 2.25. The van der Waals surface area contributed by atoms with Crippen LogP contribution < -0.4 is 5.32 Å². The fourth-order valence-corrected chi connectivity index (χ4v) is 3.36. The molecule has 0 aliphatic rings. The predicted octanol–water partition coefficient (Wildman–Crippen LogP) is 3.27. The summed E-state index contributed by atoms with van der Waals surface area (Å²) in [5.41, 5.74) is 2.59. The molecule has 2 rings (SSSR count). The predicted molar refractivity (Wildman–Crippen MR) is 94.4 cm³/mol. The Morgan fingerprint density at radius 1 is 1.24 bits per heavy atom. The van der Waals surface area contributed by atoms with Crippen molar-refractivity contribution in [2.45, 2.75) is 26.7 Å². The number of nitrogens with one attached hydrogen (secondary N) is 1. The number of ether oxygens (including phenoxy) is 2. The number of rotatable bonds is 8. The molecule has 0 saturated heterocycles. The van der Waals surface area contributed by atoms with Gasteiger partial charge < -0.3 is 19.4 Å². The van der Waals surface area contributed by atoms with E-state index in [1.54, 1.807) is 0 Å². The smallest absolute Gasteiger partial charge is 0.169 e. The van der Waals surface area contributed by atoms with E-state index in [1.807, 2.05) is 13.8 Å². The van der Waals surface area contributed by atoms with Gasteiger partial charge in [-0.2, -0.15) is 0 Å². The zero-order chi connectivity index (χ0) is 15.2. The zero-order valence-electron chi connectivity index (χ0n) is 12.9. The minimum Gasteiger partial charge on any atom is -0.352 e. The van der Waals surface area contributed by atoms with Crippen molar-refractivity contribution in [3.05, 3.63) is 33.5 Å². The van der Waals surface area contributed by atoms with E-state index in [-0.39, 0.29) is 6.29 Å². The summed E-state index contributed by atoms with van der Waals surface area (Å²) >= 11 is 2.38. The lowest BCUT2D eigenvalue weighted by atomic mass is 10.1. The molecular weight excluding hydrogens is 379 g/mol. The van der Waals surface area contributed by atoms with E-state index in [0.717, 1.165) is 6.54 Å². The first-order valence-electron chi connectivity index (χ1n) is 7.33. The highest BCUT2D eigenvalue weighted by atomic mass is 127. The number of nitrogens with zero attached hydrogens (tertiary/aromatic N) is 1. The number of hydrogen-bond acceptors (Lipinski definition) is 3. The van der Waals surface area contributed by atoms with Gasteiger partial charge in [-0.3, -0.25) is 0 Å². The first kappa shape index (κ1) is 16.7. The third-order valence-electron chi connectivity index (χ3n) is 3.37. The SMILES string of the molecule is CCOC(CNCc1cccc2c(I)cn(C)c12)OCC. The van der Waals surface area contributed by atoms with Crippen molar-refractivity contribution in [3.63, 3.8) is 0 Å². The average molecular weight is 402 g/mol. The molecule has 0 aliphatic carbocycles. The molecule has 1 heterocycles. The first-order chi connectivity index (χ1) is 10.2. The summed E-state index contributed by atoms with van der Waals surface area (Å²) in [7, 11) is 2.09. The van der Waals surface area contributed by atoms with Crippen LogP contribution in [0.2, 0.25) is 0 Å². The van der Waals surface area contributed by atoms with Gasteiger partial charge in [0.1, 0.15) is 0 Å². The summed E-state index contributed by atoms with van der Waals surface area (Å²) < 4.78 is 14.6. The van der Waals surface area contributed by atoms with E-state index in [2.05, 4.69) is 63.9 Å². The van der Waals surface area contributed by atoms with Crippen molar-refractivity contribution in [2.24, 2.45) is 7.05 Å². The van der Waals surface area contributed by atoms with Gasteiger partial charge >= 0.3 is 0 Å². The third kappa shape index (κ3) is 4.18. The van der Waals surface area contributed by atoms with E-state index in [0.29, 0.717) is 19.8 Å². The van der Waals surface area contributed by atoms with Crippen LogP contribution in [0, 0.1) is 3.57 Å². The van der Waals surface area contributed by atoms with E-state index in [1.165, 1.54) is 20.0 Å². The molecule has 0 unspecified atom stereocenters. The van der Waals surface area contributed by atoms with E-state index >= 15 is 0 Å². The number of fused-ring (bicyclic) bond motifs is 1. The van der Waals surface area contributed by atoms with E-state index in [9.17, 15) is 0 Å². The molecule has 2 aromatic rings. The quantitative estimate of drug-likeness (QED) is 0.544. The fraction of sp³-hybridized carbons (Fsp3) is 0.500. The second-order valence-electron chi connectivity index (χ2n) is 4.87. The summed E-state index contributed by atoms with van der Waals surface area (Å²) in [5, 5.41) is 4.74. The van der Waals surface area contributed by atoms with Gasteiger partial charge in [0.15, 0.2) is 6.29 Å². The Kier molecular flexibility index (Phi) is 6.47. The summed E-state index contributed by atoms with van der Waals surface area (Å²) in [4.78, 5) is 0. The average Bonchev–Trinajstić information content (AvgIpc) is 2.75. The Balaban J connectivity index is 2.03. The Bertz CT molecular complexity index is 577. The maximum absolute atomic E-state index is 5.54. The van der Waals surface area contributed by atoms with Crippen LogP contribution in [-0.4, -0.2) is 30.6 Å². The fourth-order valence-electron chi connectivity index (χ4n) is 2.51. The van der Waals surface area contributed by atoms with Gasteiger partial charge in [-0.15, -0.1) is 0 Å². The maximum atomic E-state index is 5.54. The molecule has 5 heteroatoms. The van der Waals surface area contributed by atoms with Crippen molar-refractivity contribution in [3.8, 4) is 0 Å². The van der Waals surface area contributed by atoms with Crippen LogP contribution in [0.4, 0.5) is 0 Å². The van der Waals surface area contributed by atoms with E-state index < -0.39 is 0 Å². The van der Waals surface area contributed by atoms with Gasteiger partial charge in [0.05, 0.1) is 5.52 Å². The number of aromatic nitrogens is 1. The van der Waals surface area contributed by atoms with Gasteiger partial charge in [-0.05, 0) is 42.0 Å². The molecule has 0 bridgehead atoms. The molecule has 0 atom stereocenters. The monoisotopic (exact) mass is 402 g/mol. The van der Waals surface area contributed by atoms with Crippen LogP contribution in [0.3, 0.4) is 0 Å². The Labute approximate surface area is 139 Å². The van der Waals surface area contributed by atoms with Gasteiger partial charge in [0, 0.05) is 48.5 Å². The largest absolute Gasteiger partial charge is 0.352 e. The molecule has 0 fully saturated rings. The number of para-hydroxylation sites is 1. The Morgan fingerprint density at radius 3 is 2.62 bits per heavy atom. The van der Waals surface area contributed by atoms with Gasteiger partial charge in [0.2, 0.25) is 0 Å². The van der Waals surface area contributed by atoms with Crippen LogP contribution in [0.5, 0.6) is 0 Å². The molecule has 1 aromatic heterocycles. The Hall–Kier alpha value is -0.630. The summed E-state index contributed by atoms with van der Waals surface area (Å²) in [5.74, 6) is 0. The normalized spacial score (nSPS) is 11.7. The topological polar surface area (TPSA) is 35.4 Å². The lowest BCUT2D eigenvalue weighted by Gasteiger charge is -2.17. The zero-order valence-corrected chi connectivity index (χ0v) is 15.0. The lowest BCUT2D eigenvalue weighted by molar-refractivity contribution is -0.133. The standard InChI is InChI=1S/C16H23IN2O2/c1-4-20-15(21-5-2)10-18-9-12-7-6-8-13-14(17)11-19(3)16(12)13/h6-8,11,15,18H,4-5,9-10H2,1-3H3. The van der Waals surface area contributed by atoms with Crippen molar-refractivity contribution < 1.29 is 9.47 Å². The molecular formula is C16H23IN2O2. The van der Waals surface area contributed by atoms with Crippen LogP contribution >= 0.6 is 22.6 Å². The highest BCUT2D eigenvalue weighted by molar-refractivity contribution is 14.1. The van der Waals surface area contributed by atoms with Gasteiger partial charge in [0.25, 0.3) is 0 Å². The Morgan fingerprint density at radius 2 is 1.95 bits per heavy atom. The lowest BCUT2D eigenvalue weighted by Crippen LogP contribution is -2.31. The van der Waals surface area contributed by atoms with Crippen molar-refractivity contribution >= 4 is 33.5 Å². The van der Waals surface area contributed by atoms with Crippen LogP contribution in [0.15, 0.2) is 24.4 Å². The molecule has 0 radical (unpaired) electrons. The van der Waals surface area contributed by atoms with Gasteiger partial charge in [-0.1, -0.05) is 18.2 Å². The number of aryl methyl sites for hydroxylation is 1. The van der Waals surface area contributed by atoms with Crippen molar-refractivity contribution in [1.29, 1.82) is 0 Å². The molecule has 0 aliphatic heterocycles. The maximum Gasteiger partial charge on any atom is 0.169 e. The van der Waals surface area contributed by atoms with Gasteiger partial charge in [-0.25, -0.2) is 0 Å². The van der Waals surface area contributed by atoms with Crippen molar-refractivity contribution in [2.75, 3.05) is 19.8 Å². The first-order valence-corrected chi connectivity index (χ1v) is 8.41. The van der Waals surface area contributed by atoms with Crippen molar-refractivity contribution in [1.82, 2.24) is 9.88 Å². The summed E-state index contributed by atoms with van der Waals surface area (Å²) in [6, 6.07) is 6.45. The minimum absolute atomic E-state index is 0.173. The van der Waals surface area contributed by atoms with Crippen LogP contribution in [-0.2, 0) is 23.1 Å². The molecule has 1 N–H and O–H groups in total. The summed E-state index contributed by atoms with van der Waals surface area (Å²) in [6.45, 7) is 6.80. The molecule has 21 heavy (non-hydrogen) atoms. The highest BCUT2D eigenvalue weighted by Gasteiger charge is 2.10. The number of halogens is 1. The van der Waals surface area contributed by atoms with Crippen LogP contribution in [0.25, 0.3) is 10.9 Å². The molecule has 0 spiro atoms. The number of benzene rings is 1. The molecule has 0 saturated carbocycles. The molecule has 4 nitrogen and oxygen atoms in total.